The third-order valence-electron chi connectivity index (χ3n) is 12.9. The Balaban J connectivity index is 1.30. The first kappa shape index (κ1) is 55.7. The molecule has 0 fully saturated rings. The van der Waals surface area contributed by atoms with Crippen molar-refractivity contribution in [3.63, 3.8) is 0 Å². The molecule has 0 spiro atoms. The molecule has 0 aromatic carbocycles. The number of aromatic nitrogens is 4. The molecule has 8 bridgehead atoms. The van der Waals surface area contributed by atoms with Crippen molar-refractivity contribution in [3.8, 4) is 0 Å². The Morgan fingerprint density at radius 1 is 0.528 bits per heavy atom. The monoisotopic (exact) mass is 1000 g/mol. The molecule has 0 saturated carbocycles. The number of fused-ring (bicyclic) bond motifs is 8. The molecule has 21 nitrogen and oxygen atoms in total. The summed E-state index contributed by atoms with van der Waals surface area (Å²) in [4.78, 5) is 105. The predicted octanol–water partition coefficient (Wildman–Crippen LogP) is -0.339. The Bertz CT molecular complexity index is 2920. The number of rotatable bonds is 26. The lowest BCUT2D eigenvalue weighted by Gasteiger charge is -2.27. The number of carboxylic acid groups (broad SMARTS) is 3. The minimum Gasteiger partial charge on any atom is -0.480 e. The van der Waals surface area contributed by atoms with Crippen molar-refractivity contribution in [1.82, 2.24) is 45.3 Å². The second-order valence-corrected chi connectivity index (χ2v) is 17.8. The molecule has 390 valence electrons. The number of esters is 2. The van der Waals surface area contributed by atoms with Gasteiger partial charge in [-0.2, -0.15) is 0 Å². The van der Waals surface area contributed by atoms with E-state index in [9.17, 15) is 48.9 Å². The van der Waals surface area contributed by atoms with Crippen LogP contribution in [0.2, 0.25) is 0 Å². The van der Waals surface area contributed by atoms with E-state index >= 15 is 0 Å². The third-order valence-corrected chi connectivity index (χ3v) is 12.9. The van der Waals surface area contributed by atoms with Gasteiger partial charge in [0.1, 0.15) is 0 Å². The van der Waals surface area contributed by atoms with E-state index in [0.717, 1.165) is 79.4 Å². The topological polar surface area (TPSA) is 296 Å². The fourth-order valence-corrected chi connectivity index (χ4v) is 9.12. The van der Waals surface area contributed by atoms with E-state index in [1.165, 1.54) is 27.4 Å². The van der Waals surface area contributed by atoms with Gasteiger partial charge in [-0.3, -0.25) is 43.5 Å². The lowest BCUT2D eigenvalue weighted by Crippen LogP contribution is -2.47. The summed E-state index contributed by atoms with van der Waals surface area (Å²) in [6.45, 7) is 12.0. The van der Waals surface area contributed by atoms with Crippen molar-refractivity contribution in [2.24, 2.45) is 0 Å². The maximum Gasteiger partial charge on any atom is 0.340 e. The van der Waals surface area contributed by atoms with Gasteiger partial charge in [-0.15, -0.1) is 0 Å². The number of hydrogen-bond donors (Lipinski definition) is 9. The Labute approximate surface area is 417 Å². The van der Waals surface area contributed by atoms with Crippen molar-refractivity contribution in [2.75, 3.05) is 85.7 Å². The van der Waals surface area contributed by atoms with Gasteiger partial charge < -0.3 is 55.4 Å². The molecule has 1 aliphatic rings. The molecule has 0 atom stereocenters. The van der Waals surface area contributed by atoms with E-state index in [-0.39, 0.29) is 71.3 Å². The number of aromatic amines is 4. The first-order chi connectivity index (χ1) is 34.3. The number of amides is 2. The van der Waals surface area contributed by atoms with Gasteiger partial charge in [-0.1, -0.05) is 13.8 Å². The summed E-state index contributed by atoms with van der Waals surface area (Å²) < 4.78 is 10.2. The highest BCUT2D eigenvalue weighted by atomic mass is 16.5. The van der Waals surface area contributed by atoms with E-state index in [4.69, 9.17) is 9.47 Å². The van der Waals surface area contributed by atoms with Crippen LogP contribution in [0.5, 0.6) is 0 Å². The van der Waals surface area contributed by atoms with E-state index in [2.05, 4.69) is 70.4 Å². The van der Waals surface area contributed by atoms with Gasteiger partial charge in [-0.05, 0) is 117 Å². The number of nitrogens with zero attached hydrogens (tertiary/aromatic N) is 3. The first-order valence-electron chi connectivity index (χ1n) is 24.1. The van der Waals surface area contributed by atoms with E-state index in [1.54, 1.807) is 6.92 Å². The smallest absolute Gasteiger partial charge is 0.340 e. The number of H-pyrrole nitrogens is 4. The van der Waals surface area contributed by atoms with Gasteiger partial charge >= 0.3 is 29.8 Å². The summed E-state index contributed by atoms with van der Waals surface area (Å²) >= 11 is 0. The second-order valence-electron chi connectivity index (χ2n) is 17.8. The number of carboxylic acids is 3. The maximum atomic E-state index is 13.4. The Kier molecular flexibility index (Phi) is 19.9. The van der Waals surface area contributed by atoms with Gasteiger partial charge in [0.15, 0.2) is 0 Å². The summed E-state index contributed by atoms with van der Waals surface area (Å²) in [7, 11) is 1.35. The zero-order valence-corrected chi connectivity index (χ0v) is 42.5. The highest BCUT2D eigenvalue weighted by Crippen LogP contribution is 2.23. The average molecular weight is 1000 g/mol. The van der Waals surface area contributed by atoms with Gasteiger partial charge in [-0.25, -0.2) is 4.79 Å². The molecule has 2 amide bonds. The molecular weight excluding hydrogens is 931 g/mol. The van der Waals surface area contributed by atoms with Crippen LogP contribution in [0.15, 0.2) is 0 Å². The van der Waals surface area contributed by atoms with Crippen LogP contribution in [0, 0.1) is 27.7 Å². The molecule has 5 rings (SSSR count). The summed E-state index contributed by atoms with van der Waals surface area (Å²) in [5, 5.41) is 37.4. The molecule has 72 heavy (non-hydrogen) atoms. The van der Waals surface area contributed by atoms with Crippen LogP contribution >= 0.6 is 0 Å². The normalized spacial score (nSPS) is 11.9. The SMILES string of the molecule is CCOC(=O)CN(CCN(CCN(CC(=O)O)CC(=O)NCCNC(=O)CCc1c(C)c2[nH]c1=Cc1[nH]c(c(C)c1C(=O)OC)C=c1[nH]c(c(C)c1CC)=Cc1[nH]c(c(C)c1CC)C=2)CC(=O)O)CC(=O)O. The van der Waals surface area contributed by atoms with Crippen LogP contribution in [0.3, 0.4) is 0 Å². The molecular formula is C51H69N9O12. The molecule has 1 aliphatic heterocycles. The van der Waals surface area contributed by atoms with Crippen molar-refractivity contribution in [2.45, 2.75) is 74.1 Å². The summed E-state index contributed by atoms with van der Waals surface area (Å²) in [6, 6.07) is 0. The fourth-order valence-electron chi connectivity index (χ4n) is 9.12. The zero-order valence-electron chi connectivity index (χ0n) is 42.5. The van der Waals surface area contributed by atoms with Crippen LogP contribution in [-0.2, 0) is 57.5 Å². The molecule has 9 N–H and O–H groups in total. The minimum atomic E-state index is -1.21. The Morgan fingerprint density at radius 3 is 1.57 bits per heavy atom. The predicted molar refractivity (Wildman–Crippen MR) is 268 cm³/mol. The zero-order chi connectivity index (χ0) is 52.8. The van der Waals surface area contributed by atoms with Crippen molar-refractivity contribution >= 4 is 66.0 Å². The number of hydrogen-bond acceptors (Lipinski definition) is 12. The molecule has 5 heterocycles. The summed E-state index contributed by atoms with van der Waals surface area (Å²) in [5.41, 5.74) is 10.7. The van der Waals surface area contributed by atoms with Gasteiger partial charge in [0.05, 0.1) is 57.7 Å². The lowest BCUT2D eigenvalue weighted by molar-refractivity contribution is -0.146. The number of nitrogens with one attached hydrogen (secondary N) is 6. The van der Waals surface area contributed by atoms with Crippen molar-refractivity contribution in [3.05, 3.63) is 88.7 Å². The van der Waals surface area contributed by atoms with Crippen LogP contribution in [-0.4, -0.2) is 177 Å². The van der Waals surface area contributed by atoms with Crippen molar-refractivity contribution < 1.29 is 58.4 Å². The van der Waals surface area contributed by atoms with E-state index in [0.29, 0.717) is 23.0 Å². The standard InChI is InChI=1S/C51H69N9O12/c1-9-33-29(4)36-20-37-31(6)35(42(56-37)23-43-50(51(70)71-8)32(7)39(57-43)22-41-34(10-2)30(5)38(55-41)21-40(33)54-36)12-13-44(61)52-14-15-53-45(62)24-59(26-47(65)66)18-16-58(25-46(63)64)17-19-60(27-48(67)68)28-49(69)72-11-3/h20-23,54-57H,9-19,24-28H2,1-8H3,(H,52,61)(H,53,62)(H,63,64)(H,65,66)(H,67,68). The molecule has 21 heteroatoms. The number of carbonyl (C=O) groups is 7. The first-order valence-corrected chi connectivity index (χ1v) is 24.1. The molecule has 4 aromatic rings. The van der Waals surface area contributed by atoms with Crippen LogP contribution in [0.4, 0.5) is 0 Å². The summed E-state index contributed by atoms with van der Waals surface area (Å²) in [5.74, 6) is -5.52. The van der Waals surface area contributed by atoms with E-state index in [1.807, 2.05) is 26.0 Å². The number of ether oxygens (including phenoxy) is 2. The Morgan fingerprint density at radius 2 is 1.00 bits per heavy atom. The number of aliphatic carboxylic acids is 3. The molecule has 0 unspecified atom stereocenters. The molecule has 0 radical (unpaired) electrons. The maximum absolute atomic E-state index is 13.4. The minimum absolute atomic E-state index is 0.00130. The van der Waals surface area contributed by atoms with Crippen LogP contribution in [0.1, 0.15) is 99.3 Å². The molecule has 0 aliphatic carbocycles. The Hall–Kier alpha value is -7.23. The lowest BCUT2D eigenvalue weighted by atomic mass is 10.0. The van der Waals surface area contributed by atoms with Gasteiger partial charge in [0.2, 0.25) is 11.8 Å². The molecule has 4 aromatic heterocycles. The highest BCUT2D eigenvalue weighted by Gasteiger charge is 2.23. The van der Waals surface area contributed by atoms with Crippen LogP contribution in [0.25, 0.3) is 24.3 Å². The van der Waals surface area contributed by atoms with Crippen LogP contribution < -0.4 is 32.0 Å². The second kappa shape index (κ2) is 25.8. The number of methoxy groups -OCH3 is 1. The average Bonchev–Trinajstić information content (AvgIpc) is 3.99. The highest BCUT2D eigenvalue weighted by molar-refractivity contribution is 5.96. The largest absolute Gasteiger partial charge is 0.480 e. The van der Waals surface area contributed by atoms with E-state index < -0.39 is 55.4 Å². The van der Waals surface area contributed by atoms with Crippen molar-refractivity contribution in [1.29, 1.82) is 0 Å². The molecule has 0 saturated heterocycles. The van der Waals surface area contributed by atoms with Gasteiger partial charge in [0, 0.05) is 84.2 Å². The third kappa shape index (κ3) is 14.7. The fraction of sp³-hybridized carbons (Fsp3) is 0.471. The quantitative estimate of drug-likeness (QED) is 0.0253. The van der Waals surface area contributed by atoms with Gasteiger partial charge in [0.25, 0.3) is 0 Å². The summed E-state index contributed by atoms with van der Waals surface area (Å²) in [6.07, 6.45) is 10.1. The number of carbonyl (C=O) groups excluding carboxylic acids is 4.